The first kappa shape index (κ1) is 19.3. The molecule has 4 rings (SSSR count). The van der Waals surface area contributed by atoms with E-state index >= 15 is 0 Å². The highest BCUT2D eigenvalue weighted by atomic mass is 35.5. The minimum absolute atomic E-state index is 0.0485. The van der Waals surface area contributed by atoms with Crippen LogP contribution >= 0.6 is 11.6 Å². The number of hydrogen-bond acceptors (Lipinski definition) is 4. The topological polar surface area (TPSA) is 80.5 Å². The van der Waals surface area contributed by atoms with Crippen LogP contribution in [0, 0.1) is 17.0 Å². The SMILES string of the molecule is Cc1ccc(C2CC(=O)N(c3ccc([N+](=O)[O-])cc3Cl)C3=C2C(=O)CCC3)cc1. The normalized spacial score (nSPS) is 19.4. The van der Waals surface area contributed by atoms with Crippen LogP contribution in [0.15, 0.2) is 53.7 Å². The van der Waals surface area contributed by atoms with Crippen LogP contribution in [-0.4, -0.2) is 16.6 Å². The third kappa shape index (κ3) is 3.44. The second-order valence-corrected chi connectivity index (χ2v) is 7.83. The summed E-state index contributed by atoms with van der Waals surface area (Å²) >= 11 is 6.30. The number of hydrogen-bond donors (Lipinski definition) is 0. The molecule has 1 amide bonds. The molecule has 0 radical (unpaired) electrons. The van der Waals surface area contributed by atoms with Crippen molar-refractivity contribution in [2.24, 2.45) is 0 Å². The van der Waals surface area contributed by atoms with E-state index in [0.29, 0.717) is 36.2 Å². The third-order valence-corrected chi connectivity index (χ3v) is 5.84. The molecule has 29 heavy (non-hydrogen) atoms. The fourth-order valence-corrected chi connectivity index (χ4v) is 4.41. The molecule has 7 heteroatoms. The van der Waals surface area contributed by atoms with E-state index in [1.54, 1.807) is 0 Å². The van der Waals surface area contributed by atoms with Gasteiger partial charge >= 0.3 is 0 Å². The Kier molecular flexibility index (Phi) is 4.96. The Bertz CT molecular complexity index is 1060. The molecule has 148 valence electrons. The molecular weight excluding hydrogens is 392 g/mol. The van der Waals surface area contributed by atoms with Crippen molar-refractivity contribution >= 4 is 34.7 Å². The Hall–Kier alpha value is -2.99. The summed E-state index contributed by atoms with van der Waals surface area (Å²) in [6.07, 6.45) is 1.85. The molecule has 0 saturated heterocycles. The van der Waals surface area contributed by atoms with Gasteiger partial charge in [0.1, 0.15) is 0 Å². The van der Waals surface area contributed by atoms with Gasteiger partial charge in [0.2, 0.25) is 5.91 Å². The van der Waals surface area contributed by atoms with E-state index in [9.17, 15) is 19.7 Å². The Morgan fingerprint density at radius 2 is 1.83 bits per heavy atom. The summed E-state index contributed by atoms with van der Waals surface area (Å²) in [6.45, 7) is 1.99. The lowest BCUT2D eigenvalue weighted by Gasteiger charge is -2.38. The second kappa shape index (κ2) is 7.44. The number of benzene rings is 2. The molecule has 0 fully saturated rings. The van der Waals surface area contributed by atoms with Gasteiger partial charge in [0.05, 0.1) is 15.6 Å². The van der Waals surface area contributed by atoms with Gasteiger partial charge in [-0.3, -0.25) is 24.6 Å². The zero-order valence-electron chi connectivity index (χ0n) is 15.9. The number of carbonyl (C=O) groups is 2. The van der Waals surface area contributed by atoms with Gasteiger partial charge in [-0.15, -0.1) is 0 Å². The van der Waals surface area contributed by atoms with Gasteiger partial charge in [0.15, 0.2) is 5.78 Å². The van der Waals surface area contributed by atoms with Crippen molar-refractivity contribution in [2.75, 3.05) is 4.90 Å². The van der Waals surface area contributed by atoms with Crippen LogP contribution in [0.5, 0.6) is 0 Å². The lowest BCUT2D eigenvalue weighted by atomic mass is 9.77. The number of nitro benzene ring substituents is 1. The largest absolute Gasteiger partial charge is 0.294 e. The molecule has 0 N–H and O–H groups in total. The number of non-ortho nitro benzene ring substituents is 1. The fourth-order valence-electron chi connectivity index (χ4n) is 4.15. The molecule has 1 aliphatic carbocycles. The van der Waals surface area contributed by atoms with Crippen LogP contribution in [0.4, 0.5) is 11.4 Å². The number of carbonyl (C=O) groups excluding carboxylic acids is 2. The van der Waals surface area contributed by atoms with Crippen molar-refractivity contribution in [3.05, 3.63) is 80.0 Å². The van der Waals surface area contributed by atoms with Crippen LogP contribution < -0.4 is 4.90 Å². The number of rotatable bonds is 3. The van der Waals surface area contributed by atoms with Crippen LogP contribution in [-0.2, 0) is 9.59 Å². The van der Waals surface area contributed by atoms with Crippen LogP contribution in [0.2, 0.25) is 5.02 Å². The summed E-state index contributed by atoms with van der Waals surface area (Å²) in [5, 5.41) is 11.1. The highest BCUT2D eigenvalue weighted by molar-refractivity contribution is 6.34. The lowest BCUT2D eigenvalue weighted by Crippen LogP contribution is -2.40. The molecule has 0 bridgehead atoms. The van der Waals surface area contributed by atoms with Crippen molar-refractivity contribution in [2.45, 2.75) is 38.5 Å². The zero-order valence-corrected chi connectivity index (χ0v) is 16.6. The first-order chi connectivity index (χ1) is 13.9. The number of ketones is 1. The molecule has 2 aromatic carbocycles. The summed E-state index contributed by atoms with van der Waals surface area (Å²) in [7, 11) is 0. The van der Waals surface area contributed by atoms with E-state index in [0.717, 1.165) is 11.1 Å². The third-order valence-electron chi connectivity index (χ3n) is 5.54. The minimum Gasteiger partial charge on any atom is -0.294 e. The number of amides is 1. The number of allylic oxidation sites excluding steroid dienone is 2. The van der Waals surface area contributed by atoms with Gasteiger partial charge in [0.25, 0.3) is 5.69 Å². The molecule has 2 aliphatic rings. The molecule has 6 nitrogen and oxygen atoms in total. The number of anilines is 1. The zero-order chi connectivity index (χ0) is 20.7. The van der Waals surface area contributed by atoms with E-state index in [-0.39, 0.29) is 34.7 Å². The van der Waals surface area contributed by atoms with Gasteiger partial charge in [-0.1, -0.05) is 41.4 Å². The Labute approximate surface area is 172 Å². The van der Waals surface area contributed by atoms with Gasteiger partial charge in [-0.05, 0) is 31.4 Å². The van der Waals surface area contributed by atoms with Crippen molar-refractivity contribution in [1.29, 1.82) is 0 Å². The molecular formula is C22H19ClN2O4. The second-order valence-electron chi connectivity index (χ2n) is 7.43. The summed E-state index contributed by atoms with van der Waals surface area (Å²) in [5.41, 5.74) is 3.62. The monoisotopic (exact) mass is 410 g/mol. The predicted octanol–water partition coefficient (Wildman–Crippen LogP) is 5.08. The average molecular weight is 411 g/mol. The first-order valence-electron chi connectivity index (χ1n) is 9.46. The van der Waals surface area contributed by atoms with Crippen LogP contribution in [0.25, 0.3) is 0 Å². The number of nitrogens with zero attached hydrogens (tertiary/aromatic N) is 2. The maximum absolute atomic E-state index is 13.2. The van der Waals surface area contributed by atoms with E-state index < -0.39 is 4.92 Å². The molecule has 1 heterocycles. The lowest BCUT2D eigenvalue weighted by molar-refractivity contribution is -0.384. The van der Waals surface area contributed by atoms with Crippen molar-refractivity contribution in [1.82, 2.24) is 0 Å². The van der Waals surface area contributed by atoms with Crippen LogP contribution in [0.1, 0.15) is 42.7 Å². The first-order valence-corrected chi connectivity index (χ1v) is 9.84. The average Bonchev–Trinajstić information content (AvgIpc) is 2.68. The highest BCUT2D eigenvalue weighted by Gasteiger charge is 2.40. The van der Waals surface area contributed by atoms with E-state index in [1.807, 2.05) is 31.2 Å². The summed E-state index contributed by atoms with van der Waals surface area (Å²) in [4.78, 5) is 38.0. The minimum atomic E-state index is -0.532. The maximum Gasteiger partial charge on any atom is 0.271 e. The quantitative estimate of drug-likeness (QED) is 0.521. The van der Waals surface area contributed by atoms with Crippen LogP contribution in [0.3, 0.4) is 0 Å². The van der Waals surface area contributed by atoms with Gasteiger partial charge in [-0.2, -0.15) is 0 Å². The van der Waals surface area contributed by atoms with Gasteiger partial charge in [0, 0.05) is 42.2 Å². The molecule has 0 saturated carbocycles. The Morgan fingerprint density at radius 3 is 2.48 bits per heavy atom. The Morgan fingerprint density at radius 1 is 1.10 bits per heavy atom. The summed E-state index contributed by atoms with van der Waals surface area (Å²) < 4.78 is 0. The predicted molar refractivity (Wildman–Crippen MR) is 110 cm³/mol. The number of Topliss-reactive ketones (excluding diaryl/α,β-unsaturated/α-hetero) is 1. The molecule has 1 unspecified atom stereocenters. The molecule has 0 aromatic heterocycles. The van der Waals surface area contributed by atoms with Crippen molar-refractivity contribution < 1.29 is 14.5 Å². The highest BCUT2D eigenvalue weighted by Crippen LogP contribution is 2.45. The fraction of sp³-hybridized carbons (Fsp3) is 0.273. The number of halogens is 1. The van der Waals surface area contributed by atoms with E-state index in [2.05, 4.69) is 0 Å². The number of aryl methyl sites for hydroxylation is 1. The smallest absolute Gasteiger partial charge is 0.271 e. The van der Waals surface area contributed by atoms with E-state index in [4.69, 9.17) is 11.6 Å². The van der Waals surface area contributed by atoms with Gasteiger partial charge in [-0.25, -0.2) is 0 Å². The standard InChI is InChI=1S/C22H19ClN2O4/c1-13-5-7-14(8-6-13)16-12-21(27)24(19-3-2-4-20(26)22(16)19)18-10-9-15(25(28)29)11-17(18)23/h5-11,16H,2-4,12H2,1H3. The molecule has 1 aliphatic heterocycles. The van der Waals surface area contributed by atoms with E-state index in [1.165, 1.54) is 23.1 Å². The van der Waals surface area contributed by atoms with Crippen molar-refractivity contribution in [3.8, 4) is 0 Å². The molecule has 2 aromatic rings. The Balaban J connectivity index is 1.84. The maximum atomic E-state index is 13.2. The van der Waals surface area contributed by atoms with Crippen molar-refractivity contribution in [3.63, 3.8) is 0 Å². The summed E-state index contributed by atoms with van der Waals surface area (Å²) in [5.74, 6) is -0.397. The molecule has 0 spiro atoms. The summed E-state index contributed by atoms with van der Waals surface area (Å²) in [6, 6.07) is 11.9. The molecule has 1 atom stereocenters. The van der Waals surface area contributed by atoms with Gasteiger partial charge < -0.3 is 0 Å². The number of nitro groups is 1.